The van der Waals surface area contributed by atoms with Crippen LogP contribution < -0.4 is 10.2 Å². The molecule has 7 heteroatoms. The van der Waals surface area contributed by atoms with E-state index in [1.165, 1.54) is 18.2 Å². The Morgan fingerprint density at radius 1 is 0.968 bits per heavy atom. The third-order valence-electron chi connectivity index (χ3n) is 5.45. The van der Waals surface area contributed by atoms with Crippen molar-refractivity contribution in [1.82, 2.24) is 5.32 Å². The van der Waals surface area contributed by atoms with Crippen molar-refractivity contribution >= 4 is 29.4 Å². The first-order chi connectivity index (χ1) is 14.6. The van der Waals surface area contributed by atoms with Crippen molar-refractivity contribution in [2.45, 2.75) is 40.7 Å². The van der Waals surface area contributed by atoms with Gasteiger partial charge < -0.3 is 10.1 Å². The summed E-state index contributed by atoms with van der Waals surface area (Å²) in [5, 5.41) is 2.75. The highest BCUT2D eigenvalue weighted by Crippen LogP contribution is 2.31. The normalized spacial score (nSPS) is 13.9. The lowest BCUT2D eigenvalue weighted by molar-refractivity contribution is -0.125. The topological polar surface area (TPSA) is 92.8 Å². The molecule has 0 bridgehead atoms. The highest BCUT2D eigenvalue weighted by atomic mass is 16.5. The fourth-order valence-electron chi connectivity index (χ4n) is 3.22. The maximum atomic E-state index is 13.0. The van der Waals surface area contributed by atoms with E-state index in [1.54, 1.807) is 6.07 Å². The highest BCUT2D eigenvalue weighted by molar-refractivity contribution is 6.35. The van der Waals surface area contributed by atoms with Gasteiger partial charge in [-0.1, -0.05) is 26.0 Å². The molecule has 3 rings (SSSR count). The summed E-state index contributed by atoms with van der Waals surface area (Å²) >= 11 is 0. The van der Waals surface area contributed by atoms with Crippen LogP contribution in [-0.2, 0) is 9.53 Å². The van der Waals surface area contributed by atoms with E-state index < -0.39 is 30.3 Å². The average Bonchev–Trinajstić information content (AvgIpc) is 2.97. The Bertz CT molecular complexity index is 1070. The second kappa shape index (κ2) is 8.71. The number of benzene rings is 2. The highest BCUT2D eigenvalue weighted by Gasteiger charge is 2.38. The monoisotopic (exact) mass is 422 g/mol. The van der Waals surface area contributed by atoms with Gasteiger partial charge in [-0.2, -0.15) is 0 Å². The summed E-state index contributed by atoms with van der Waals surface area (Å²) < 4.78 is 5.08. The van der Waals surface area contributed by atoms with Gasteiger partial charge in [0, 0.05) is 6.04 Å². The number of hydrogen-bond acceptors (Lipinski definition) is 5. The number of carbonyl (C=O) groups is 4. The minimum absolute atomic E-state index is 0.0501. The molecule has 1 aliphatic heterocycles. The Labute approximate surface area is 181 Å². The lowest BCUT2D eigenvalue weighted by Gasteiger charge is -2.17. The maximum absolute atomic E-state index is 13.0. The van der Waals surface area contributed by atoms with Gasteiger partial charge in [-0.05, 0) is 62.1 Å². The van der Waals surface area contributed by atoms with Crippen molar-refractivity contribution in [3.05, 3.63) is 64.2 Å². The van der Waals surface area contributed by atoms with Crippen LogP contribution in [-0.4, -0.2) is 36.3 Å². The Balaban J connectivity index is 1.76. The zero-order valence-corrected chi connectivity index (χ0v) is 18.3. The first-order valence-corrected chi connectivity index (χ1v) is 10.2. The minimum Gasteiger partial charge on any atom is -0.452 e. The second-order valence-corrected chi connectivity index (χ2v) is 8.17. The largest absolute Gasteiger partial charge is 0.452 e. The molecular weight excluding hydrogens is 396 g/mol. The van der Waals surface area contributed by atoms with Gasteiger partial charge in [-0.15, -0.1) is 0 Å². The van der Waals surface area contributed by atoms with E-state index in [0.717, 1.165) is 16.0 Å². The van der Waals surface area contributed by atoms with E-state index in [2.05, 4.69) is 5.32 Å². The fourth-order valence-corrected chi connectivity index (χ4v) is 3.22. The number of hydrogen-bond donors (Lipinski definition) is 1. The van der Waals surface area contributed by atoms with E-state index in [-0.39, 0.29) is 28.7 Å². The van der Waals surface area contributed by atoms with E-state index >= 15 is 0 Å². The zero-order valence-electron chi connectivity index (χ0n) is 18.3. The standard InChI is InChI=1S/C24H26N2O5/c1-13(2)16(5)25-21(27)12-31-24(30)17-8-9-18-19(11-17)23(29)26(22(18)28)20-10-14(3)6-7-15(20)4/h6-11,13,16H,12H2,1-5H3,(H,25,27)/t16-/m1/s1. The first kappa shape index (κ1) is 22.2. The van der Waals surface area contributed by atoms with E-state index in [4.69, 9.17) is 4.74 Å². The molecule has 2 aromatic carbocycles. The molecule has 31 heavy (non-hydrogen) atoms. The third-order valence-corrected chi connectivity index (χ3v) is 5.45. The van der Waals surface area contributed by atoms with E-state index in [0.29, 0.717) is 5.69 Å². The van der Waals surface area contributed by atoms with Crippen molar-refractivity contribution in [3.63, 3.8) is 0 Å². The van der Waals surface area contributed by atoms with Gasteiger partial charge in [0.15, 0.2) is 6.61 Å². The lowest BCUT2D eigenvalue weighted by atomic mass is 10.1. The minimum atomic E-state index is -0.736. The van der Waals surface area contributed by atoms with Gasteiger partial charge in [0.1, 0.15) is 0 Å². The fraction of sp³-hybridized carbons (Fsp3) is 0.333. The number of nitrogens with zero attached hydrogens (tertiary/aromatic N) is 1. The Morgan fingerprint density at radius 3 is 2.32 bits per heavy atom. The molecule has 0 saturated carbocycles. The predicted molar refractivity (Wildman–Crippen MR) is 116 cm³/mol. The number of aryl methyl sites for hydroxylation is 2. The smallest absolute Gasteiger partial charge is 0.338 e. The SMILES string of the molecule is Cc1ccc(C)c(N2C(=O)c3ccc(C(=O)OCC(=O)N[C@H](C)C(C)C)cc3C2=O)c1. The number of anilines is 1. The summed E-state index contributed by atoms with van der Waals surface area (Å²) in [7, 11) is 0. The molecule has 0 unspecified atom stereocenters. The molecule has 2 aromatic rings. The van der Waals surface area contributed by atoms with Gasteiger partial charge in [-0.25, -0.2) is 9.69 Å². The van der Waals surface area contributed by atoms with Crippen LogP contribution in [0.15, 0.2) is 36.4 Å². The number of amides is 3. The molecular formula is C24H26N2O5. The molecule has 3 amide bonds. The van der Waals surface area contributed by atoms with Gasteiger partial charge in [0.25, 0.3) is 17.7 Å². The van der Waals surface area contributed by atoms with Crippen LogP contribution in [0.1, 0.15) is 63.0 Å². The van der Waals surface area contributed by atoms with Crippen LogP contribution in [0, 0.1) is 19.8 Å². The predicted octanol–water partition coefficient (Wildman–Crippen LogP) is 3.42. The van der Waals surface area contributed by atoms with E-state index in [1.807, 2.05) is 46.8 Å². The molecule has 0 spiro atoms. The summed E-state index contributed by atoms with van der Waals surface area (Å²) in [5.41, 5.74) is 2.70. The van der Waals surface area contributed by atoms with Crippen molar-refractivity contribution in [2.75, 3.05) is 11.5 Å². The molecule has 1 atom stereocenters. The van der Waals surface area contributed by atoms with Gasteiger partial charge in [-0.3, -0.25) is 14.4 Å². The molecule has 162 valence electrons. The lowest BCUT2D eigenvalue weighted by Crippen LogP contribution is -2.38. The van der Waals surface area contributed by atoms with Crippen molar-refractivity contribution in [3.8, 4) is 0 Å². The van der Waals surface area contributed by atoms with E-state index in [9.17, 15) is 19.2 Å². The number of rotatable bonds is 6. The number of esters is 1. The number of carbonyl (C=O) groups excluding carboxylic acids is 4. The maximum Gasteiger partial charge on any atom is 0.338 e. The summed E-state index contributed by atoms with van der Waals surface area (Å²) in [6.07, 6.45) is 0. The molecule has 0 aliphatic carbocycles. The van der Waals surface area contributed by atoms with Crippen LogP contribution in [0.4, 0.5) is 5.69 Å². The van der Waals surface area contributed by atoms with Crippen LogP contribution in [0.3, 0.4) is 0 Å². The van der Waals surface area contributed by atoms with Crippen LogP contribution in [0.2, 0.25) is 0 Å². The molecule has 1 aliphatic rings. The number of imide groups is 1. The molecule has 1 N–H and O–H groups in total. The summed E-state index contributed by atoms with van der Waals surface area (Å²) in [5.74, 6) is -1.81. The zero-order chi connectivity index (χ0) is 22.9. The Morgan fingerprint density at radius 2 is 1.65 bits per heavy atom. The van der Waals surface area contributed by atoms with Gasteiger partial charge in [0.05, 0.1) is 22.4 Å². The molecule has 7 nitrogen and oxygen atoms in total. The quantitative estimate of drug-likeness (QED) is 0.569. The summed E-state index contributed by atoms with van der Waals surface area (Å²) in [6, 6.07) is 9.70. The number of nitrogens with one attached hydrogen (secondary N) is 1. The number of ether oxygens (including phenoxy) is 1. The summed E-state index contributed by atoms with van der Waals surface area (Å²) in [4.78, 5) is 51.3. The second-order valence-electron chi connectivity index (χ2n) is 8.17. The molecule has 1 heterocycles. The number of fused-ring (bicyclic) bond motifs is 1. The molecule has 0 radical (unpaired) electrons. The van der Waals surface area contributed by atoms with Crippen LogP contribution >= 0.6 is 0 Å². The van der Waals surface area contributed by atoms with Crippen LogP contribution in [0.25, 0.3) is 0 Å². The molecule has 0 saturated heterocycles. The van der Waals surface area contributed by atoms with Crippen molar-refractivity contribution in [2.24, 2.45) is 5.92 Å². The molecule has 0 fully saturated rings. The van der Waals surface area contributed by atoms with Crippen molar-refractivity contribution < 1.29 is 23.9 Å². The summed E-state index contributed by atoms with van der Waals surface area (Å²) in [6.45, 7) is 9.10. The Kier molecular flexibility index (Phi) is 6.24. The first-order valence-electron chi connectivity index (χ1n) is 10.2. The Hall–Kier alpha value is -3.48. The molecule has 0 aromatic heterocycles. The van der Waals surface area contributed by atoms with Crippen LogP contribution in [0.5, 0.6) is 0 Å². The van der Waals surface area contributed by atoms with Gasteiger partial charge >= 0.3 is 5.97 Å². The average molecular weight is 422 g/mol. The van der Waals surface area contributed by atoms with Gasteiger partial charge in [0.2, 0.25) is 0 Å². The third kappa shape index (κ3) is 4.50. The van der Waals surface area contributed by atoms with Crippen molar-refractivity contribution in [1.29, 1.82) is 0 Å².